The summed E-state index contributed by atoms with van der Waals surface area (Å²) in [7, 11) is -1.19. The van der Waals surface area contributed by atoms with Crippen molar-refractivity contribution >= 4 is 8.07 Å². The molecule has 0 aromatic carbocycles. The quantitative estimate of drug-likeness (QED) is 0.316. The Kier molecular flexibility index (Phi) is 1.65. The van der Waals surface area contributed by atoms with Crippen LogP contribution >= 0.6 is 0 Å². The predicted molar refractivity (Wildman–Crippen MR) is 52.6 cm³/mol. The van der Waals surface area contributed by atoms with E-state index in [1.54, 1.807) is 0 Å². The molecule has 0 bridgehead atoms. The summed E-state index contributed by atoms with van der Waals surface area (Å²) in [5.74, 6) is 3.36. The maximum Gasteiger partial charge on any atom is 0.154 e. The molecule has 1 saturated heterocycles. The van der Waals surface area contributed by atoms with Crippen LogP contribution in [0, 0.1) is 11.5 Å². The molecule has 2 aliphatic rings. The van der Waals surface area contributed by atoms with Crippen LogP contribution in [-0.2, 0) is 4.74 Å². The van der Waals surface area contributed by atoms with Crippen molar-refractivity contribution in [2.75, 3.05) is 0 Å². The summed E-state index contributed by atoms with van der Waals surface area (Å²) in [5, 5.41) is 0. The molecule has 66 valence electrons. The maximum absolute atomic E-state index is 5.58. The maximum atomic E-state index is 5.58. The lowest BCUT2D eigenvalue weighted by Crippen LogP contribution is -2.18. The van der Waals surface area contributed by atoms with E-state index in [9.17, 15) is 0 Å². The Morgan fingerprint density at radius 1 is 1.42 bits per heavy atom. The van der Waals surface area contributed by atoms with E-state index >= 15 is 0 Å². The number of epoxide rings is 1. The zero-order valence-corrected chi connectivity index (χ0v) is 9.11. The van der Waals surface area contributed by atoms with Crippen molar-refractivity contribution in [3.8, 4) is 11.5 Å². The van der Waals surface area contributed by atoms with Gasteiger partial charge in [0.1, 0.15) is 8.07 Å². The number of ether oxygens (including phenoxy) is 1. The van der Waals surface area contributed by atoms with Crippen LogP contribution in [-0.4, -0.2) is 19.8 Å². The van der Waals surface area contributed by atoms with Crippen molar-refractivity contribution in [2.24, 2.45) is 0 Å². The van der Waals surface area contributed by atoms with Gasteiger partial charge in [-0.05, 0) is 19.3 Å². The number of fused-ring (bicyclic) bond motifs is 1. The van der Waals surface area contributed by atoms with Gasteiger partial charge >= 0.3 is 0 Å². The summed E-state index contributed by atoms with van der Waals surface area (Å²) in [6, 6.07) is 0. The van der Waals surface area contributed by atoms with Crippen molar-refractivity contribution < 1.29 is 4.74 Å². The van der Waals surface area contributed by atoms with E-state index in [0.717, 1.165) is 0 Å². The minimum absolute atomic E-state index is 0.0419. The summed E-state index contributed by atoms with van der Waals surface area (Å²) in [6.45, 7) is 6.84. The first kappa shape index (κ1) is 8.34. The van der Waals surface area contributed by atoms with Crippen molar-refractivity contribution in [3.05, 3.63) is 0 Å². The second-order valence-electron chi connectivity index (χ2n) is 4.89. The highest BCUT2D eigenvalue weighted by Gasteiger charge is 2.58. The molecule has 1 aliphatic carbocycles. The van der Waals surface area contributed by atoms with Crippen LogP contribution in [0.5, 0.6) is 0 Å². The van der Waals surface area contributed by atoms with Gasteiger partial charge in [-0.3, -0.25) is 0 Å². The van der Waals surface area contributed by atoms with Crippen LogP contribution in [0.25, 0.3) is 0 Å². The van der Waals surface area contributed by atoms with Gasteiger partial charge in [0.25, 0.3) is 0 Å². The van der Waals surface area contributed by atoms with E-state index in [4.69, 9.17) is 4.74 Å². The molecule has 1 saturated carbocycles. The number of hydrogen-bond acceptors (Lipinski definition) is 1. The Hall–Kier alpha value is -0.263. The second-order valence-corrected chi connectivity index (χ2v) is 9.64. The van der Waals surface area contributed by atoms with Crippen LogP contribution in [0.15, 0.2) is 0 Å². The third-order valence-electron chi connectivity index (χ3n) is 2.48. The van der Waals surface area contributed by atoms with Gasteiger partial charge in [-0.25, -0.2) is 0 Å². The molecule has 0 amide bonds. The Morgan fingerprint density at radius 3 is 2.58 bits per heavy atom. The van der Waals surface area contributed by atoms with Gasteiger partial charge < -0.3 is 4.74 Å². The Bertz CT molecular complexity index is 255. The zero-order valence-electron chi connectivity index (χ0n) is 8.11. The summed E-state index contributed by atoms with van der Waals surface area (Å²) < 4.78 is 5.58. The number of rotatable bonds is 0. The molecule has 1 aliphatic heterocycles. The average molecular weight is 180 g/mol. The van der Waals surface area contributed by atoms with Crippen molar-refractivity contribution in [1.82, 2.24) is 0 Å². The minimum atomic E-state index is -1.19. The van der Waals surface area contributed by atoms with Crippen molar-refractivity contribution in [2.45, 2.75) is 50.6 Å². The SMILES string of the molecule is C[Si](C)(C)C#C[C@]12CCC[C@H]1O2. The Balaban J connectivity index is 2.07. The second kappa shape index (κ2) is 2.37. The first-order valence-corrected chi connectivity index (χ1v) is 8.24. The van der Waals surface area contributed by atoms with E-state index in [1.807, 2.05) is 0 Å². The molecule has 0 spiro atoms. The van der Waals surface area contributed by atoms with E-state index in [-0.39, 0.29) is 5.60 Å². The largest absolute Gasteiger partial charge is 0.352 e. The van der Waals surface area contributed by atoms with Crippen molar-refractivity contribution in [1.29, 1.82) is 0 Å². The van der Waals surface area contributed by atoms with E-state index in [1.165, 1.54) is 19.3 Å². The van der Waals surface area contributed by atoms with Gasteiger partial charge in [0.05, 0.1) is 6.10 Å². The first-order chi connectivity index (χ1) is 5.52. The van der Waals surface area contributed by atoms with Crippen molar-refractivity contribution in [3.63, 3.8) is 0 Å². The van der Waals surface area contributed by atoms with E-state index in [2.05, 4.69) is 31.1 Å². The predicted octanol–water partition coefficient (Wildman–Crippen LogP) is 2.19. The molecule has 2 fully saturated rings. The summed E-state index contributed by atoms with van der Waals surface area (Å²) in [5.41, 5.74) is 3.45. The molecule has 0 N–H and O–H groups in total. The standard InChI is InChI=1S/C10H16OSi/c1-12(2,3)8-7-10-6-4-5-9(10)11-10/h9H,4-6H2,1-3H3/t9-,10-/m1/s1. The molecule has 2 atom stereocenters. The average Bonchev–Trinajstić information content (AvgIpc) is 2.51. The highest BCUT2D eigenvalue weighted by molar-refractivity contribution is 6.83. The van der Waals surface area contributed by atoms with Crippen LogP contribution in [0.3, 0.4) is 0 Å². The van der Waals surface area contributed by atoms with Crippen LogP contribution in [0.1, 0.15) is 19.3 Å². The van der Waals surface area contributed by atoms with Crippen LogP contribution in [0.4, 0.5) is 0 Å². The Morgan fingerprint density at radius 2 is 2.17 bits per heavy atom. The fourth-order valence-corrected chi connectivity index (χ4v) is 2.33. The molecule has 0 unspecified atom stereocenters. The van der Waals surface area contributed by atoms with Crippen LogP contribution < -0.4 is 0 Å². The third kappa shape index (κ3) is 1.44. The lowest BCUT2D eigenvalue weighted by Gasteiger charge is -2.05. The molecule has 0 aromatic heterocycles. The molecular weight excluding hydrogens is 164 g/mol. The monoisotopic (exact) mass is 180 g/mol. The van der Waals surface area contributed by atoms with E-state index < -0.39 is 8.07 Å². The number of hydrogen-bond donors (Lipinski definition) is 0. The van der Waals surface area contributed by atoms with Gasteiger partial charge in [-0.15, -0.1) is 5.54 Å². The summed E-state index contributed by atoms with van der Waals surface area (Å²) in [6.07, 6.45) is 4.22. The van der Waals surface area contributed by atoms with Gasteiger partial charge in [0.15, 0.2) is 5.60 Å². The zero-order chi connectivity index (χ0) is 8.82. The lowest BCUT2D eigenvalue weighted by atomic mass is 10.1. The fraction of sp³-hybridized carbons (Fsp3) is 0.800. The first-order valence-electron chi connectivity index (χ1n) is 4.74. The molecule has 12 heavy (non-hydrogen) atoms. The lowest BCUT2D eigenvalue weighted by molar-refractivity contribution is 0.290. The third-order valence-corrected chi connectivity index (χ3v) is 3.35. The van der Waals surface area contributed by atoms with Gasteiger partial charge in [-0.2, -0.15) is 0 Å². The molecule has 1 nitrogen and oxygen atoms in total. The van der Waals surface area contributed by atoms with Crippen LogP contribution in [0.2, 0.25) is 19.6 Å². The minimum Gasteiger partial charge on any atom is -0.352 e. The highest BCUT2D eigenvalue weighted by Crippen LogP contribution is 2.49. The normalized spacial score (nSPS) is 38.4. The van der Waals surface area contributed by atoms with Gasteiger partial charge in [0.2, 0.25) is 0 Å². The summed E-state index contributed by atoms with van der Waals surface area (Å²) >= 11 is 0. The van der Waals surface area contributed by atoms with Gasteiger partial charge in [0, 0.05) is 0 Å². The molecular formula is C10H16OSi. The molecule has 0 aromatic rings. The molecule has 2 rings (SSSR count). The topological polar surface area (TPSA) is 12.5 Å². The fourth-order valence-electron chi connectivity index (χ4n) is 1.75. The Labute approximate surface area is 75.5 Å². The summed E-state index contributed by atoms with van der Waals surface area (Å²) in [4.78, 5) is 0. The molecule has 2 heteroatoms. The highest BCUT2D eigenvalue weighted by atomic mass is 28.3. The molecule has 0 radical (unpaired) electrons. The van der Waals surface area contributed by atoms with Gasteiger partial charge in [-0.1, -0.05) is 25.6 Å². The molecule has 1 heterocycles. The smallest absolute Gasteiger partial charge is 0.154 e. The van der Waals surface area contributed by atoms with E-state index in [0.29, 0.717) is 6.10 Å².